The molecule has 0 saturated carbocycles. The lowest BCUT2D eigenvalue weighted by atomic mass is 9.70. The van der Waals surface area contributed by atoms with Gasteiger partial charge in [-0.1, -0.05) is 146 Å². The molecule has 1 spiro atoms. The molecule has 3 heteroatoms. The fraction of sp³-hybridized carbons (Fsp3) is 0.0465. The Morgan fingerprint density at radius 1 is 0.435 bits per heavy atom. The molecule has 6 aromatic carbocycles. The van der Waals surface area contributed by atoms with E-state index in [2.05, 4.69) is 116 Å². The van der Waals surface area contributed by atoms with E-state index in [1.54, 1.807) is 0 Å². The zero-order chi connectivity index (χ0) is 30.7. The molecule has 1 heterocycles. The predicted molar refractivity (Wildman–Crippen MR) is 186 cm³/mol. The van der Waals surface area contributed by atoms with Crippen molar-refractivity contribution in [2.75, 3.05) is 0 Å². The number of hydrogen-bond acceptors (Lipinski definition) is 3. The quantitative estimate of drug-likeness (QED) is 0.188. The molecule has 7 aromatic rings. The first kappa shape index (κ1) is 26.5. The third kappa shape index (κ3) is 3.82. The van der Waals surface area contributed by atoms with Crippen LogP contribution in [0.3, 0.4) is 0 Å². The van der Waals surface area contributed by atoms with E-state index in [4.69, 9.17) is 15.0 Å². The molecule has 0 aliphatic heterocycles. The Kier molecular flexibility index (Phi) is 5.94. The summed E-state index contributed by atoms with van der Waals surface area (Å²) in [6.07, 6.45) is 2.82. The SMILES string of the molecule is C=CCc1ccc2c(c1)-c1ccccc1C21c2ccccc2-c2ccc(-c3nc(-c4ccccc4)nc(-c4ccccc4)n3)cc21. The normalized spacial score (nSPS) is 15.2. The van der Waals surface area contributed by atoms with Crippen LogP contribution in [0.1, 0.15) is 27.8 Å². The van der Waals surface area contributed by atoms with Crippen LogP contribution < -0.4 is 0 Å². The molecule has 46 heavy (non-hydrogen) atoms. The van der Waals surface area contributed by atoms with Crippen LogP contribution in [0.4, 0.5) is 0 Å². The highest BCUT2D eigenvalue weighted by molar-refractivity contribution is 5.96. The number of allylic oxidation sites excluding steroid dienone is 1. The fourth-order valence-electron chi connectivity index (χ4n) is 7.56. The Morgan fingerprint density at radius 2 is 0.935 bits per heavy atom. The molecule has 1 aromatic heterocycles. The van der Waals surface area contributed by atoms with Gasteiger partial charge in [-0.25, -0.2) is 15.0 Å². The van der Waals surface area contributed by atoms with Crippen LogP contribution in [0.5, 0.6) is 0 Å². The number of benzene rings is 6. The van der Waals surface area contributed by atoms with Crippen molar-refractivity contribution in [3.8, 4) is 56.4 Å². The van der Waals surface area contributed by atoms with E-state index < -0.39 is 5.41 Å². The fourth-order valence-corrected chi connectivity index (χ4v) is 7.56. The van der Waals surface area contributed by atoms with Gasteiger partial charge in [-0.3, -0.25) is 0 Å². The Morgan fingerprint density at radius 3 is 1.54 bits per heavy atom. The van der Waals surface area contributed by atoms with Gasteiger partial charge < -0.3 is 0 Å². The molecule has 0 fully saturated rings. The molecule has 1 unspecified atom stereocenters. The van der Waals surface area contributed by atoms with Crippen molar-refractivity contribution in [3.05, 3.63) is 186 Å². The standard InChI is InChI=1S/C43H29N3/c1-2-13-28-22-25-38-35(26-28)33-19-10-12-21-37(33)43(38)36-20-11-9-18-32(36)34-24-23-31(27-39(34)43)42-45-40(29-14-5-3-6-15-29)44-41(46-42)30-16-7-4-8-17-30/h2-12,14-27H,1,13H2. The summed E-state index contributed by atoms with van der Waals surface area (Å²) in [6.45, 7) is 4.00. The Labute approximate surface area is 268 Å². The lowest BCUT2D eigenvalue weighted by molar-refractivity contribution is 0.793. The number of nitrogens with zero attached hydrogens (tertiary/aromatic N) is 3. The molecular weight excluding hydrogens is 558 g/mol. The van der Waals surface area contributed by atoms with Crippen LogP contribution in [0.15, 0.2) is 158 Å². The van der Waals surface area contributed by atoms with Crippen molar-refractivity contribution in [1.29, 1.82) is 0 Å². The average molecular weight is 588 g/mol. The van der Waals surface area contributed by atoms with E-state index in [9.17, 15) is 0 Å². The minimum absolute atomic E-state index is 0.446. The van der Waals surface area contributed by atoms with E-state index in [0.717, 1.165) is 23.1 Å². The van der Waals surface area contributed by atoms with Gasteiger partial charge in [-0.05, 0) is 62.6 Å². The second kappa shape index (κ2) is 10.3. The number of fused-ring (bicyclic) bond motifs is 10. The van der Waals surface area contributed by atoms with Crippen molar-refractivity contribution in [3.63, 3.8) is 0 Å². The highest BCUT2D eigenvalue weighted by Gasteiger charge is 2.51. The van der Waals surface area contributed by atoms with Crippen molar-refractivity contribution in [2.45, 2.75) is 11.8 Å². The molecule has 9 rings (SSSR count). The minimum atomic E-state index is -0.446. The van der Waals surface area contributed by atoms with Crippen LogP contribution in [-0.4, -0.2) is 15.0 Å². The van der Waals surface area contributed by atoms with Gasteiger partial charge >= 0.3 is 0 Å². The summed E-state index contributed by atoms with van der Waals surface area (Å²) in [5, 5.41) is 0. The third-order valence-corrected chi connectivity index (χ3v) is 9.49. The molecular formula is C43H29N3. The van der Waals surface area contributed by atoms with Crippen molar-refractivity contribution < 1.29 is 0 Å². The highest BCUT2D eigenvalue weighted by Crippen LogP contribution is 2.63. The summed E-state index contributed by atoms with van der Waals surface area (Å²) in [5.41, 5.74) is 14.0. The van der Waals surface area contributed by atoms with Gasteiger partial charge in [0, 0.05) is 16.7 Å². The van der Waals surface area contributed by atoms with E-state index in [-0.39, 0.29) is 0 Å². The van der Waals surface area contributed by atoms with Gasteiger partial charge in [0.15, 0.2) is 17.5 Å². The van der Waals surface area contributed by atoms with E-state index in [1.165, 1.54) is 50.1 Å². The average Bonchev–Trinajstić information content (AvgIpc) is 3.59. The van der Waals surface area contributed by atoms with Crippen LogP contribution in [0, 0.1) is 0 Å². The summed E-state index contributed by atoms with van der Waals surface area (Å²) in [5.74, 6) is 1.98. The van der Waals surface area contributed by atoms with Crippen molar-refractivity contribution in [1.82, 2.24) is 15.0 Å². The zero-order valence-electron chi connectivity index (χ0n) is 25.2. The molecule has 0 bridgehead atoms. The van der Waals surface area contributed by atoms with Crippen molar-refractivity contribution >= 4 is 0 Å². The van der Waals surface area contributed by atoms with E-state index >= 15 is 0 Å². The van der Waals surface area contributed by atoms with E-state index in [1.807, 2.05) is 42.5 Å². The maximum absolute atomic E-state index is 5.08. The minimum Gasteiger partial charge on any atom is -0.208 e. The first-order valence-electron chi connectivity index (χ1n) is 15.7. The summed E-state index contributed by atoms with van der Waals surface area (Å²) < 4.78 is 0. The molecule has 0 saturated heterocycles. The van der Waals surface area contributed by atoms with Gasteiger partial charge in [-0.2, -0.15) is 0 Å². The molecule has 3 nitrogen and oxygen atoms in total. The topological polar surface area (TPSA) is 38.7 Å². The summed E-state index contributed by atoms with van der Waals surface area (Å²) in [6, 6.07) is 51.8. The van der Waals surface area contributed by atoms with Crippen molar-refractivity contribution in [2.24, 2.45) is 0 Å². The van der Waals surface area contributed by atoms with Gasteiger partial charge in [0.05, 0.1) is 5.41 Å². The third-order valence-electron chi connectivity index (χ3n) is 9.49. The predicted octanol–water partition coefficient (Wildman–Crippen LogP) is 9.94. The maximum Gasteiger partial charge on any atom is 0.164 e. The van der Waals surface area contributed by atoms with Gasteiger partial charge in [0.25, 0.3) is 0 Å². The first-order chi connectivity index (χ1) is 22.8. The van der Waals surface area contributed by atoms with Crippen LogP contribution >= 0.6 is 0 Å². The molecule has 2 aliphatic carbocycles. The molecule has 216 valence electrons. The lowest BCUT2D eigenvalue weighted by Crippen LogP contribution is -2.26. The van der Waals surface area contributed by atoms with Crippen LogP contribution in [0.2, 0.25) is 0 Å². The summed E-state index contributed by atoms with van der Waals surface area (Å²) in [4.78, 5) is 15.1. The Balaban J connectivity index is 1.31. The summed E-state index contributed by atoms with van der Waals surface area (Å²) in [7, 11) is 0. The van der Waals surface area contributed by atoms with Gasteiger partial charge in [0.2, 0.25) is 0 Å². The highest BCUT2D eigenvalue weighted by atomic mass is 15.0. The first-order valence-corrected chi connectivity index (χ1v) is 15.7. The molecule has 2 aliphatic rings. The zero-order valence-corrected chi connectivity index (χ0v) is 25.2. The van der Waals surface area contributed by atoms with Gasteiger partial charge in [-0.15, -0.1) is 6.58 Å². The Bertz CT molecular complexity index is 2250. The van der Waals surface area contributed by atoms with Gasteiger partial charge in [0.1, 0.15) is 0 Å². The van der Waals surface area contributed by atoms with Crippen LogP contribution in [0.25, 0.3) is 56.4 Å². The molecule has 0 radical (unpaired) electrons. The lowest BCUT2D eigenvalue weighted by Gasteiger charge is -2.30. The van der Waals surface area contributed by atoms with Crippen LogP contribution in [-0.2, 0) is 11.8 Å². The summed E-state index contributed by atoms with van der Waals surface area (Å²) >= 11 is 0. The monoisotopic (exact) mass is 587 g/mol. The maximum atomic E-state index is 5.08. The number of aromatic nitrogens is 3. The second-order valence-electron chi connectivity index (χ2n) is 12.0. The smallest absolute Gasteiger partial charge is 0.164 e. The molecule has 0 amide bonds. The Hall–Kier alpha value is -5.93. The van der Waals surface area contributed by atoms with E-state index in [0.29, 0.717) is 17.5 Å². The molecule has 0 N–H and O–H groups in total. The largest absolute Gasteiger partial charge is 0.208 e. The molecule has 1 atom stereocenters. The number of hydrogen-bond donors (Lipinski definition) is 0. The second-order valence-corrected chi connectivity index (χ2v) is 12.0. The number of rotatable bonds is 5.